The lowest BCUT2D eigenvalue weighted by Gasteiger charge is -2.27. The van der Waals surface area contributed by atoms with Gasteiger partial charge in [-0.1, -0.05) is 0 Å². The first-order valence-electron chi connectivity index (χ1n) is 7.32. The van der Waals surface area contributed by atoms with E-state index in [4.69, 9.17) is 10.5 Å². The van der Waals surface area contributed by atoms with Gasteiger partial charge in [-0.15, -0.1) is 24.0 Å². The lowest BCUT2D eigenvalue weighted by Crippen LogP contribution is -2.41. The molecule has 8 heteroatoms. The normalized spacial score (nSPS) is 16.0. The van der Waals surface area contributed by atoms with Gasteiger partial charge in [0.25, 0.3) is 0 Å². The number of benzene rings is 1. The molecule has 0 spiro atoms. The molecule has 2 N–H and O–H groups in total. The second-order valence-corrected chi connectivity index (χ2v) is 5.16. The van der Waals surface area contributed by atoms with Gasteiger partial charge >= 0.3 is 6.18 Å². The van der Waals surface area contributed by atoms with Gasteiger partial charge in [0, 0.05) is 13.1 Å². The van der Waals surface area contributed by atoms with Crippen LogP contribution in [-0.4, -0.2) is 37.1 Å². The number of halogens is 4. The highest BCUT2D eigenvalue weighted by Crippen LogP contribution is 2.30. The molecule has 1 aliphatic heterocycles. The van der Waals surface area contributed by atoms with Crippen LogP contribution in [0.25, 0.3) is 0 Å². The molecule has 130 valence electrons. The second-order valence-electron chi connectivity index (χ2n) is 5.16. The van der Waals surface area contributed by atoms with E-state index in [0.29, 0.717) is 18.3 Å². The van der Waals surface area contributed by atoms with E-state index in [1.54, 1.807) is 0 Å². The molecule has 1 fully saturated rings. The van der Waals surface area contributed by atoms with Crippen molar-refractivity contribution in [2.75, 3.05) is 26.2 Å². The molecular formula is C15H21F3IN3O. The highest BCUT2D eigenvalue weighted by Gasteiger charge is 2.29. The van der Waals surface area contributed by atoms with Crippen LogP contribution in [0, 0.1) is 0 Å². The predicted molar refractivity (Wildman–Crippen MR) is 94.3 cm³/mol. The molecule has 0 aromatic heterocycles. The van der Waals surface area contributed by atoms with E-state index in [9.17, 15) is 13.2 Å². The van der Waals surface area contributed by atoms with Gasteiger partial charge in [0.05, 0.1) is 12.1 Å². The molecule has 0 saturated carbocycles. The number of piperidine rings is 1. The zero-order chi connectivity index (χ0) is 16.0. The quantitative estimate of drug-likeness (QED) is 0.336. The third-order valence-corrected chi connectivity index (χ3v) is 3.50. The predicted octanol–water partition coefficient (Wildman–Crippen LogP) is 3.50. The third kappa shape index (κ3) is 6.44. The number of aliphatic imine (C=N–C) groups is 1. The summed E-state index contributed by atoms with van der Waals surface area (Å²) in [6.45, 7) is 2.51. The highest BCUT2D eigenvalue weighted by atomic mass is 127. The minimum absolute atomic E-state index is 0. The Morgan fingerprint density at radius 2 is 1.74 bits per heavy atom. The van der Waals surface area contributed by atoms with Gasteiger partial charge in [0.1, 0.15) is 12.4 Å². The topological polar surface area (TPSA) is 50.9 Å². The smallest absolute Gasteiger partial charge is 0.416 e. The number of ether oxygens (including phenoxy) is 1. The Balaban J connectivity index is 0.00000264. The largest absolute Gasteiger partial charge is 0.492 e. The molecule has 1 saturated heterocycles. The summed E-state index contributed by atoms with van der Waals surface area (Å²) < 4.78 is 42.6. The summed E-state index contributed by atoms with van der Waals surface area (Å²) in [7, 11) is 0. The average Bonchev–Trinajstić information content (AvgIpc) is 2.52. The first-order valence-corrected chi connectivity index (χ1v) is 7.32. The summed E-state index contributed by atoms with van der Waals surface area (Å²) >= 11 is 0. The summed E-state index contributed by atoms with van der Waals surface area (Å²) in [5.74, 6) is 0.899. The van der Waals surface area contributed by atoms with Crippen molar-refractivity contribution in [2.45, 2.75) is 25.4 Å². The van der Waals surface area contributed by atoms with Crippen LogP contribution in [0.1, 0.15) is 24.8 Å². The average molecular weight is 443 g/mol. The van der Waals surface area contributed by atoms with Crippen molar-refractivity contribution < 1.29 is 17.9 Å². The summed E-state index contributed by atoms with van der Waals surface area (Å²) in [6, 6.07) is 4.61. The van der Waals surface area contributed by atoms with Gasteiger partial charge in [0.15, 0.2) is 5.96 Å². The summed E-state index contributed by atoms with van der Waals surface area (Å²) in [4.78, 5) is 6.28. The van der Waals surface area contributed by atoms with Gasteiger partial charge in [-0.25, -0.2) is 4.99 Å². The SMILES string of the molecule is I.NC(=NCCOc1ccc(C(F)(F)F)cc1)N1CCCCC1. The van der Waals surface area contributed by atoms with Crippen molar-refractivity contribution in [3.8, 4) is 5.75 Å². The summed E-state index contributed by atoms with van der Waals surface area (Å²) in [5.41, 5.74) is 5.20. The lowest BCUT2D eigenvalue weighted by atomic mass is 10.1. The molecule has 1 aromatic rings. The number of guanidine groups is 1. The van der Waals surface area contributed by atoms with E-state index in [1.807, 2.05) is 4.90 Å². The Bertz CT molecular complexity index is 500. The molecule has 23 heavy (non-hydrogen) atoms. The number of rotatable bonds is 4. The van der Waals surface area contributed by atoms with Crippen LogP contribution in [0.4, 0.5) is 13.2 Å². The Hall–Kier alpha value is -1.19. The van der Waals surface area contributed by atoms with Crippen LogP contribution < -0.4 is 10.5 Å². The molecule has 0 bridgehead atoms. The Labute approximate surface area is 150 Å². The molecule has 0 atom stereocenters. The van der Waals surface area contributed by atoms with E-state index >= 15 is 0 Å². The molecule has 0 aliphatic carbocycles. The van der Waals surface area contributed by atoms with E-state index in [0.717, 1.165) is 38.1 Å². The minimum Gasteiger partial charge on any atom is -0.492 e. The highest BCUT2D eigenvalue weighted by molar-refractivity contribution is 14.0. The fraction of sp³-hybridized carbons (Fsp3) is 0.533. The van der Waals surface area contributed by atoms with Crippen LogP contribution in [0.2, 0.25) is 0 Å². The molecule has 2 rings (SSSR count). The van der Waals surface area contributed by atoms with Gasteiger partial charge < -0.3 is 15.4 Å². The van der Waals surface area contributed by atoms with Crippen molar-refractivity contribution >= 4 is 29.9 Å². The lowest BCUT2D eigenvalue weighted by molar-refractivity contribution is -0.137. The van der Waals surface area contributed by atoms with Crippen molar-refractivity contribution in [1.82, 2.24) is 4.90 Å². The number of nitrogens with zero attached hydrogens (tertiary/aromatic N) is 2. The summed E-state index contributed by atoms with van der Waals surface area (Å²) in [5, 5.41) is 0. The van der Waals surface area contributed by atoms with Crippen molar-refractivity contribution in [1.29, 1.82) is 0 Å². The van der Waals surface area contributed by atoms with Gasteiger partial charge in [-0.2, -0.15) is 13.2 Å². The molecule has 0 unspecified atom stereocenters. The molecule has 0 radical (unpaired) electrons. The van der Waals surface area contributed by atoms with E-state index in [1.165, 1.54) is 18.6 Å². The van der Waals surface area contributed by atoms with Crippen LogP contribution in [-0.2, 0) is 6.18 Å². The Kier molecular flexibility index (Phi) is 7.93. The van der Waals surface area contributed by atoms with Gasteiger partial charge in [-0.05, 0) is 43.5 Å². The number of nitrogens with two attached hydrogens (primary N) is 1. The maximum Gasteiger partial charge on any atom is 0.416 e. The van der Waals surface area contributed by atoms with Crippen LogP contribution in [0.15, 0.2) is 29.3 Å². The molecule has 1 heterocycles. The molecular weight excluding hydrogens is 422 g/mol. The minimum atomic E-state index is -4.33. The third-order valence-electron chi connectivity index (χ3n) is 3.50. The molecule has 0 amide bonds. The monoisotopic (exact) mass is 443 g/mol. The molecule has 1 aromatic carbocycles. The van der Waals surface area contributed by atoms with Crippen molar-refractivity contribution in [3.63, 3.8) is 0 Å². The Morgan fingerprint density at radius 3 is 2.30 bits per heavy atom. The van der Waals surface area contributed by atoms with E-state index < -0.39 is 11.7 Å². The molecule has 1 aliphatic rings. The fourth-order valence-corrected chi connectivity index (χ4v) is 2.29. The maximum atomic E-state index is 12.4. The number of likely N-dealkylation sites (tertiary alicyclic amines) is 1. The summed E-state index contributed by atoms with van der Waals surface area (Å²) in [6.07, 6.45) is -0.858. The Morgan fingerprint density at radius 1 is 1.13 bits per heavy atom. The number of hydrogen-bond acceptors (Lipinski definition) is 2. The first-order chi connectivity index (χ1) is 10.5. The number of alkyl halides is 3. The second kappa shape index (κ2) is 9.19. The van der Waals surface area contributed by atoms with Gasteiger partial charge in [0.2, 0.25) is 0 Å². The van der Waals surface area contributed by atoms with Crippen LogP contribution in [0.3, 0.4) is 0 Å². The van der Waals surface area contributed by atoms with Crippen LogP contribution in [0.5, 0.6) is 5.75 Å². The van der Waals surface area contributed by atoms with E-state index in [2.05, 4.69) is 4.99 Å². The number of hydrogen-bond donors (Lipinski definition) is 1. The van der Waals surface area contributed by atoms with Crippen molar-refractivity contribution in [2.24, 2.45) is 10.7 Å². The molecule has 4 nitrogen and oxygen atoms in total. The van der Waals surface area contributed by atoms with Crippen molar-refractivity contribution in [3.05, 3.63) is 29.8 Å². The maximum absolute atomic E-state index is 12.4. The first kappa shape index (κ1) is 19.9. The van der Waals surface area contributed by atoms with Gasteiger partial charge in [-0.3, -0.25) is 0 Å². The zero-order valence-corrected chi connectivity index (χ0v) is 15.0. The standard InChI is InChI=1S/C15H20F3N3O.HI/c16-15(17,18)12-4-6-13(7-5-12)22-11-8-20-14(19)21-9-2-1-3-10-21;/h4-7H,1-3,8-11H2,(H2,19,20);1H. The zero-order valence-electron chi connectivity index (χ0n) is 12.7. The fourth-order valence-electron chi connectivity index (χ4n) is 2.29. The van der Waals surface area contributed by atoms with Crippen LogP contribution >= 0.6 is 24.0 Å². The van der Waals surface area contributed by atoms with E-state index in [-0.39, 0.29) is 30.6 Å².